The number of sulfonamides is 1. The first-order valence-corrected chi connectivity index (χ1v) is 11.6. The average Bonchev–Trinajstić information content (AvgIpc) is 2.66. The fourth-order valence-electron chi connectivity index (χ4n) is 3.43. The van der Waals surface area contributed by atoms with Gasteiger partial charge in [-0.1, -0.05) is 24.6 Å². The Labute approximate surface area is 173 Å². The van der Waals surface area contributed by atoms with Crippen molar-refractivity contribution in [1.82, 2.24) is 14.9 Å². The number of rotatable bonds is 8. The number of aryl methyl sites for hydroxylation is 2. The van der Waals surface area contributed by atoms with E-state index in [1.807, 2.05) is 32.9 Å². The van der Waals surface area contributed by atoms with Crippen molar-refractivity contribution in [2.75, 3.05) is 39.3 Å². The lowest BCUT2D eigenvalue weighted by molar-refractivity contribution is -0.895. The van der Waals surface area contributed by atoms with Crippen molar-refractivity contribution in [3.63, 3.8) is 0 Å². The zero-order valence-corrected chi connectivity index (χ0v) is 18.6. The number of quaternary nitrogens is 1. The maximum absolute atomic E-state index is 12.9. The third-order valence-corrected chi connectivity index (χ3v) is 7.17. The van der Waals surface area contributed by atoms with Crippen LogP contribution in [0.25, 0.3) is 0 Å². The van der Waals surface area contributed by atoms with Gasteiger partial charge in [-0.25, -0.2) is 8.42 Å². The molecule has 1 aliphatic heterocycles. The van der Waals surface area contributed by atoms with Crippen molar-refractivity contribution in [2.45, 2.75) is 45.1 Å². The summed E-state index contributed by atoms with van der Waals surface area (Å²) in [7, 11) is -3.53. The highest BCUT2D eigenvalue weighted by Crippen LogP contribution is 2.20. The van der Waals surface area contributed by atoms with Crippen LogP contribution in [-0.2, 0) is 19.6 Å². The molecule has 1 aliphatic rings. The number of nitrogens with zero attached hydrogens (tertiary/aromatic N) is 1. The molecule has 1 aromatic carbocycles. The number of amides is 2. The molecular formula is C20H33N4O4S+. The van der Waals surface area contributed by atoms with Crippen molar-refractivity contribution in [3.8, 4) is 0 Å². The highest BCUT2D eigenvalue weighted by atomic mass is 32.2. The van der Waals surface area contributed by atoms with Gasteiger partial charge in [0.25, 0.3) is 5.91 Å². The fraction of sp³-hybridized carbons (Fsp3) is 0.600. The second-order valence-electron chi connectivity index (χ2n) is 7.68. The first-order valence-electron chi connectivity index (χ1n) is 10.1. The molecule has 1 atom stereocenters. The molecule has 162 valence electrons. The Hall–Kier alpha value is -1.97. The molecule has 0 radical (unpaired) electrons. The minimum absolute atomic E-state index is 0.195. The first kappa shape index (κ1) is 23.3. The van der Waals surface area contributed by atoms with Gasteiger partial charge >= 0.3 is 0 Å². The molecule has 0 aromatic heterocycles. The van der Waals surface area contributed by atoms with Gasteiger partial charge in [-0.15, -0.1) is 0 Å². The predicted molar refractivity (Wildman–Crippen MR) is 111 cm³/mol. The summed E-state index contributed by atoms with van der Waals surface area (Å²) in [6.45, 7) is 10.0. The second-order valence-corrected chi connectivity index (χ2v) is 9.59. The van der Waals surface area contributed by atoms with Gasteiger partial charge in [-0.2, -0.15) is 4.31 Å². The fourth-order valence-corrected chi connectivity index (χ4v) is 5.08. The van der Waals surface area contributed by atoms with Crippen molar-refractivity contribution >= 4 is 21.8 Å². The minimum atomic E-state index is -3.53. The molecule has 29 heavy (non-hydrogen) atoms. The van der Waals surface area contributed by atoms with Gasteiger partial charge in [0.2, 0.25) is 15.9 Å². The zero-order valence-electron chi connectivity index (χ0n) is 17.7. The standard InChI is InChI=1S/C20H32N4O4S/c1-5-8-21-20(26)17(4)22-19(25)14-23-9-11-24(12-10-23)29(27,28)18-7-6-15(2)13-16(18)3/h6-7,13,17H,5,8-12,14H2,1-4H3,(H,21,26)(H,22,25)/p+1/t17-/m1/s1. The summed E-state index contributed by atoms with van der Waals surface area (Å²) < 4.78 is 27.4. The molecule has 0 bridgehead atoms. The van der Waals surface area contributed by atoms with Gasteiger partial charge < -0.3 is 15.5 Å². The number of hydrogen-bond donors (Lipinski definition) is 3. The van der Waals surface area contributed by atoms with Crippen LogP contribution in [0, 0.1) is 13.8 Å². The Morgan fingerprint density at radius 3 is 2.45 bits per heavy atom. The van der Waals surface area contributed by atoms with E-state index in [9.17, 15) is 18.0 Å². The number of piperazine rings is 1. The van der Waals surface area contributed by atoms with E-state index in [1.54, 1.807) is 13.0 Å². The summed E-state index contributed by atoms with van der Waals surface area (Å²) in [4.78, 5) is 25.4. The summed E-state index contributed by atoms with van der Waals surface area (Å²) >= 11 is 0. The van der Waals surface area contributed by atoms with E-state index < -0.39 is 16.1 Å². The van der Waals surface area contributed by atoms with Crippen molar-refractivity contribution < 1.29 is 22.9 Å². The van der Waals surface area contributed by atoms with Crippen LogP contribution < -0.4 is 15.5 Å². The molecule has 8 nitrogen and oxygen atoms in total. The first-order chi connectivity index (χ1) is 13.6. The van der Waals surface area contributed by atoms with Crippen LogP contribution in [0.4, 0.5) is 0 Å². The molecule has 9 heteroatoms. The highest BCUT2D eigenvalue weighted by Gasteiger charge is 2.32. The molecule has 1 heterocycles. The quantitative estimate of drug-likeness (QED) is 0.509. The van der Waals surface area contributed by atoms with Crippen LogP contribution >= 0.6 is 0 Å². The van der Waals surface area contributed by atoms with E-state index in [4.69, 9.17) is 0 Å². The minimum Gasteiger partial charge on any atom is -0.354 e. The molecule has 1 saturated heterocycles. The SMILES string of the molecule is CCCNC(=O)[C@@H](C)NC(=O)C[NH+]1CCN(S(=O)(=O)c2ccc(C)cc2C)CC1. The Balaban J connectivity index is 1.87. The van der Waals surface area contributed by atoms with Crippen LogP contribution in [0.1, 0.15) is 31.4 Å². The largest absolute Gasteiger partial charge is 0.354 e. The molecular weight excluding hydrogens is 392 g/mol. The molecule has 0 spiro atoms. The third kappa shape index (κ3) is 6.25. The van der Waals surface area contributed by atoms with Crippen LogP contribution in [0.5, 0.6) is 0 Å². The molecule has 2 amide bonds. The topological polar surface area (TPSA) is 100 Å². The molecule has 0 saturated carbocycles. The van der Waals surface area contributed by atoms with Gasteiger partial charge in [-0.3, -0.25) is 9.59 Å². The average molecular weight is 426 g/mol. The third-order valence-electron chi connectivity index (χ3n) is 5.11. The molecule has 2 rings (SSSR count). The Morgan fingerprint density at radius 2 is 1.86 bits per heavy atom. The molecule has 3 N–H and O–H groups in total. The van der Waals surface area contributed by atoms with Crippen molar-refractivity contribution in [3.05, 3.63) is 29.3 Å². The van der Waals surface area contributed by atoms with E-state index in [-0.39, 0.29) is 18.4 Å². The maximum Gasteiger partial charge on any atom is 0.275 e. The summed E-state index contributed by atoms with van der Waals surface area (Å²) in [5.41, 5.74) is 1.77. The zero-order chi connectivity index (χ0) is 21.6. The van der Waals surface area contributed by atoms with Gasteiger partial charge in [0.1, 0.15) is 6.04 Å². The normalized spacial score (nSPS) is 17.0. The van der Waals surface area contributed by atoms with Gasteiger partial charge in [0.05, 0.1) is 31.1 Å². The summed E-state index contributed by atoms with van der Waals surface area (Å²) in [5.74, 6) is -0.399. The lowest BCUT2D eigenvalue weighted by atomic mass is 10.2. The van der Waals surface area contributed by atoms with Crippen LogP contribution in [0.2, 0.25) is 0 Å². The van der Waals surface area contributed by atoms with E-state index in [0.717, 1.165) is 22.4 Å². The number of benzene rings is 1. The Kier molecular flexibility index (Phi) is 8.18. The van der Waals surface area contributed by atoms with Crippen molar-refractivity contribution in [2.24, 2.45) is 0 Å². The summed E-state index contributed by atoms with van der Waals surface area (Å²) in [5, 5.41) is 5.47. The Bertz CT molecular complexity index is 833. The molecule has 0 unspecified atom stereocenters. The van der Waals surface area contributed by atoms with Gasteiger partial charge in [0, 0.05) is 6.54 Å². The van der Waals surface area contributed by atoms with Crippen molar-refractivity contribution in [1.29, 1.82) is 0 Å². The molecule has 1 aromatic rings. The lowest BCUT2D eigenvalue weighted by Gasteiger charge is -2.31. The van der Waals surface area contributed by atoms with E-state index in [0.29, 0.717) is 37.6 Å². The Morgan fingerprint density at radius 1 is 1.21 bits per heavy atom. The number of nitrogens with one attached hydrogen (secondary N) is 3. The second kappa shape index (κ2) is 10.2. The smallest absolute Gasteiger partial charge is 0.275 e. The number of carbonyl (C=O) groups excluding carboxylic acids is 2. The van der Waals surface area contributed by atoms with Crippen LogP contribution in [0.3, 0.4) is 0 Å². The lowest BCUT2D eigenvalue weighted by Crippen LogP contribution is -3.15. The molecule has 1 fully saturated rings. The summed E-state index contributed by atoms with van der Waals surface area (Å²) in [6, 6.07) is 4.76. The maximum atomic E-state index is 12.9. The van der Waals surface area contributed by atoms with Gasteiger partial charge in [0.15, 0.2) is 6.54 Å². The monoisotopic (exact) mass is 425 g/mol. The van der Waals surface area contributed by atoms with E-state index >= 15 is 0 Å². The van der Waals surface area contributed by atoms with Gasteiger partial charge in [-0.05, 0) is 38.8 Å². The predicted octanol–water partition coefficient (Wildman–Crippen LogP) is -0.776. The van der Waals surface area contributed by atoms with E-state index in [1.165, 1.54) is 4.31 Å². The summed E-state index contributed by atoms with van der Waals surface area (Å²) in [6.07, 6.45) is 0.839. The number of hydrogen-bond acceptors (Lipinski definition) is 4. The van der Waals surface area contributed by atoms with Crippen LogP contribution in [0.15, 0.2) is 23.1 Å². The number of carbonyl (C=O) groups is 2. The molecule has 0 aliphatic carbocycles. The van der Waals surface area contributed by atoms with Crippen LogP contribution in [-0.4, -0.2) is 69.8 Å². The van der Waals surface area contributed by atoms with E-state index in [2.05, 4.69) is 10.6 Å². The highest BCUT2D eigenvalue weighted by molar-refractivity contribution is 7.89.